The zero-order valence-corrected chi connectivity index (χ0v) is 7.77. The van der Waals surface area contributed by atoms with Crippen molar-refractivity contribution in [1.82, 2.24) is 0 Å². The summed E-state index contributed by atoms with van der Waals surface area (Å²) in [6, 6.07) is 3.64. The van der Waals surface area contributed by atoms with E-state index in [1.165, 1.54) is 5.56 Å². The lowest BCUT2D eigenvalue weighted by molar-refractivity contribution is 0.393. The Bertz CT molecular complexity index is 403. The van der Waals surface area contributed by atoms with Gasteiger partial charge in [0.05, 0.1) is 0 Å². The molecule has 1 aromatic carbocycles. The van der Waals surface area contributed by atoms with Gasteiger partial charge in [-0.25, -0.2) is 0 Å². The van der Waals surface area contributed by atoms with Gasteiger partial charge in [0.25, 0.3) is 0 Å². The maximum atomic E-state index is 9.75. The Morgan fingerprint density at radius 3 is 2.79 bits per heavy atom. The van der Waals surface area contributed by atoms with E-state index in [0.717, 1.165) is 18.4 Å². The molecular weight excluding hydrogens is 178 g/mol. The third-order valence-corrected chi connectivity index (χ3v) is 3.65. The average molecular weight is 191 g/mol. The lowest BCUT2D eigenvalue weighted by atomic mass is 9.88. The Morgan fingerprint density at radius 1 is 1.21 bits per heavy atom. The number of hydrogen-bond donors (Lipinski definition) is 3. The molecule has 74 valence electrons. The van der Waals surface area contributed by atoms with E-state index in [4.69, 9.17) is 5.73 Å². The third-order valence-electron chi connectivity index (χ3n) is 3.65. The Hall–Kier alpha value is -1.22. The molecule has 0 aromatic heterocycles. The molecule has 2 bridgehead atoms. The monoisotopic (exact) mass is 191 g/mol. The Kier molecular flexibility index (Phi) is 1.40. The first-order valence-corrected chi connectivity index (χ1v) is 4.98. The van der Waals surface area contributed by atoms with Crippen molar-refractivity contribution in [2.75, 3.05) is 0 Å². The van der Waals surface area contributed by atoms with Gasteiger partial charge in [0.15, 0.2) is 11.5 Å². The predicted octanol–water partition coefficient (Wildman–Crippen LogP) is 1.40. The Labute approximate surface area is 82.2 Å². The first-order valence-electron chi connectivity index (χ1n) is 4.98. The largest absolute Gasteiger partial charge is 0.504 e. The molecule has 3 atom stereocenters. The number of phenols is 2. The van der Waals surface area contributed by atoms with Gasteiger partial charge in [0.1, 0.15) is 0 Å². The summed E-state index contributed by atoms with van der Waals surface area (Å²) in [5.41, 5.74) is 8.04. The molecule has 4 N–H and O–H groups in total. The van der Waals surface area contributed by atoms with E-state index in [1.54, 1.807) is 6.07 Å². The summed E-state index contributed by atoms with van der Waals surface area (Å²) in [4.78, 5) is 0. The molecule has 14 heavy (non-hydrogen) atoms. The van der Waals surface area contributed by atoms with Crippen LogP contribution >= 0.6 is 0 Å². The molecule has 2 aliphatic carbocycles. The summed E-state index contributed by atoms with van der Waals surface area (Å²) in [6.07, 6.45) is 2.05. The van der Waals surface area contributed by atoms with Crippen molar-refractivity contribution in [2.45, 2.75) is 30.7 Å². The molecule has 3 nitrogen and oxygen atoms in total. The van der Waals surface area contributed by atoms with Gasteiger partial charge in [0, 0.05) is 17.5 Å². The third kappa shape index (κ3) is 0.805. The zero-order chi connectivity index (χ0) is 9.87. The van der Waals surface area contributed by atoms with Crippen molar-refractivity contribution >= 4 is 0 Å². The maximum absolute atomic E-state index is 9.75. The molecule has 3 rings (SSSR count). The molecule has 1 aromatic rings. The molecule has 0 amide bonds. The smallest absolute Gasteiger partial charge is 0.161 e. The van der Waals surface area contributed by atoms with Crippen LogP contribution < -0.4 is 5.73 Å². The van der Waals surface area contributed by atoms with Gasteiger partial charge in [-0.05, 0) is 30.4 Å². The highest BCUT2D eigenvalue weighted by molar-refractivity contribution is 5.56. The van der Waals surface area contributed by atoms with E-state index in [9.17, 15) is 10.2 Å². The van der Waals surface area contributed by atoms with Crippen molar-refractivity contribution < 1.29 is 10.2 Å². The van der Waals surface area contributed by atoms with Crippen LogP contribution in [0.15, 0.2) is 12.1 Å². The van der Waals surface area contributed by atoms with Crippen LogP contribution in [0.3, 0.4) is 0 Å². The molecule has 0 saturated heterocycles. The lowest BCUT2D eigenvalue weighted by Crippen LogP contribution is -2.25. The van der Waals surface area contributed by atoms with Gasteiger partial charge in [0.2, 0.25) is 0 Å². The summed E-state index contributed by atoms with van der Waals surface area (Å²) >= 11 is 0. The summed E-state index contributed by atoms with van der Waals surface area (Å²) < 4.78 is 0. The number of phenolic OH excluding ortho intramolecular Hbond substituents is 2. The normalized spacial score (nSPS) is 33.4. The quantitative estimate of drug-likeness (QED) is 0.543. The second-order valence-corrected chi connectivity index (χ2v) is 4.37. The number of hydrogen-bond acceptors (Lipinski definition) is 3. The highest BCUT2D eigenvalue weighted by Crippen LogP contribution is 2.56. The minimum atomic E-state index is -0.0245. The molecule has 0 spiro atoms. The second-order valence-electron chi connectivity index (χ2n) is 4.37. The first kappa shape index (κ1) is 8.12. The molecular formula is C11H13NO2. The number of benzene rings is 1. The number of rotatable bonds is 0. The van der Waals surface area contributed by atoms with Crippen LogP contribution in [0, 0.1) is 0 Å². The fourth-order valence-corrected chi connectivity index (χ4v) is 3.01. The van der Waals surface area contributed by atoms with E-state index < -0.39 is 0 Å². The van der Waals surface area contributed by atoms with Crippen molar-refractivity contribution in [1.29, 1.82) is 0 Å². The van der Waals surface area contributed by atoms with Crippen molar-refractivity contribution in [3.05, 3.63) is 23.3 Å². The van der Waals surface area contributed by atoms with Gasteiger partial charge in [-0.3, -0.25) is 0 Å². The topological polar surface area (TPSA) is 66.5 Å². The Morgan fingerprint density at radius 2 is 2.00 bits per heavy atom. The molecule has 0 radical (unpaired) electrons. The van der Waals surface area contributed by atoms with E-state index in [0.29, 0.717) is 5.92 Å². The molecule has 0 heterocycles. The summed E-state index contributed by atoms with van der Waals surface area (Å²) in [5.74, 6) is 0.771. The minimum Gasteiger partial charge on any atom is -0.504 e. The van der Waals surface area contributed by atoms with Gasteiger partial charge in [-0.2, -0.15) is 0 Å². The van der Waals surface area contributed by atoms with Crippen LogP contribution in [0.4, 0.5) is 0 Å². The number of aromatic hydroxyl groups is 2. The fraction of sp³-hybridized carbons (Fsp3) is 0.455. The SMILES string of the molecule is NC1CC2CC1c1c2ccc(O)c1O. The van der Waals surface area contributed by atoms with Crippen molar-refractivity contribution in [3.63, 3.8) is 0 Å². The first-order chi connectivity index (χ1) is 6.68. The molecule has 2 aliphatic rings. The van der Waals surface area contributed by atoms with Crippen molar-refractivity contribution in [2.24, 2.45) is 5.73 Å². The van der Waals surface area contributed by atoms with Crippen LogP contribution in [0.5, 0.6) is 11.5 Å². The highest BCUT2D eigenvalue weighted by atomic mass is 16.3. The molecule has 1 saturated carbocycles. The van der Waals surface area contributed by atoms with Crippen LogP contribution in [0.2, 0.25) is 0 Å². The van der Waals surface area contributed by atoms with E-state index in [-0.39, 0.29) is 23.5 Å². The predicted molar refractivity (Wildman–Crippen MR) is 52.5 cm³/mol. The number of nitrogens with two attached hydrogens (primary N) is 1. The van der Waals surface area contributed by atoms with E-state index in [2.05, 4.69) is 0 Å². The van der Waals surface area contributed by atoms with E-state index >= 15 is 0 Å². The van der Waals surface area contributed by atoms with Crippen LogP contribution in [-0.4, -0.2) is 16.3 Å². The van der Waals surface area contributed by atoms with Crippen LogP contribution in [0.25, 0.3) is 0 Å². The second kappa shape index (κ2) is 2.42. The van der Waals surface area contributed by atoms with Crippen LogP contribution in [0.1, 0.15) is 35.8 Å². The van der Waals surface area contributed by atoms with Gasteiger partial charge in [-0.1, -0.05) is 6.07 Å². The number of fused-ring (bicyclic) bond motifs is 5. The summed E-state index contributed by atoms with van der Waals surface area (Å²) in [6.45, 7) is 0. The summed E-state index contributed by atoms with van der Waals surface area (Å²) in [5, 5.41) is 19.2. The molecule has 0 aliphatic heterocycles. The maximum Gasteiger partial charge on any atom is 0.161 e. The minimum absolute atomic E-state index is 0.0245. The van der Waals surface area contributed by atoms with Gasteiger partial charge in [-0.15, -0.1) is 0 Å². The van der Waals surface area contributed by atoms with Crippen molar-refractivity contribution in [3.8, 4) is 11.5 Å². The van der Waals surface area contributed by atoms with Gasteiger partial charge >= 0.3 is 0 Å². The fourth-order valence-electron chi connectivity index (χ4n) is 3.01. The summed E-state index contributed by atoms with van der Waals surface area (Å²) in [7, 11) is 0. The lowest BCUT2D eigenvalue weighted by Gasteiger charge is -2.22. The van der Waals surface area contributed by atoms with Gasteiger partial charge < -0.3 is 15.9 Å². The average Bonchev–Trinajstić information content (AvgIpc) is 2.68. The standard InChI is InChI=1S/C11H13NO2/c12-8-4-5-3-7(8)10-6(5)1-2-9(13)11(10)14/h1-2,5,7-8,13-14H,3-4,12H2. The molecule has 1 fully saturated rings. The Balaban J connectivity index is 2.23. The van der Waals surface area contributed by atoms with E-state index in [1.807, 2.05) is 6.07 Å². The molecule has 3 unspecified atom stereocenters. The van der Waals surface area contributed by atoms with Crippen LogP contribution in [-0.2, 0) is 0 Å². The zero-order valence-electron chi connectivity index (χ0n) is 7.77. The molecule has 3 heteroatoms. The highest BCUT2D eigenvalue weighted by Gasteiger charge is 2.44.